The van der Waals surface area contributed by atoms with Gasteiger partial charge in [-0.05, 0) is 32.6 Å². The summed E-state index contributed by atoms with van der Waals surface area (Å²) in [6, 6.07) is 0. The predicted molar refractivity (Wildman–Crippen MR) is 47.3 cm³/mol. The molecule has 2 aliphatic rings. The van der Waals surface area contributed by atoms with Crippen molar-refractivity contribution in [2.75, 3.05) is 6.61 Å². The summed E-state index contributed by atoms with van der Waals surface area (Å²) in [6.45, 7) is 2.34. The maximum absolute atomic E-state index is 11.4. The Hall–Kier alpha value is -0.570. The van der Waals surface area contributed by atoms with Crippen LogP contribution in [0.5, 0.6) is 0 Å². The van der Waals surface area contributed by atoms with E-state index in [9.17, 15) is 4.79 Å². The van der Waals surface area contributed by atoms with Crippen molar-refractivity contribution in [3.05, 3.63) is 0 Å². The lowest BCUT2D eigenvalue weighted by molar-refractivity contribution is -0.153. The summed E-state index contributed by atoms with van der Waals surface area (Å²) < 4.78 is 10.7. The Morgan fingerprint density at radius 1 is 1.38 bits per heavy atom. The van der Waals surface area contributed by atoms with Gasteiger partial charge in [-0.15, -0.1) is 0 Å². The normalized spacial score (nSPS) is 37.5. The monoisotopic (exact) mass is 184 g/mol. The second-order valence-corrected chi connectivity index (χ2v) is 3.88. The molecule has 2 fully saturated rings. The predicted octanol–water partition coefficient (Wildman–Crippen LogP) is 1.51. The van der Waals surface area contributed by atoms with Crippen molar-refractivity contribution in [3.8, 4) is 0 Å². The summed E-state index contributed by atoms with van der Waals surface area (Å²) in [5, 5.41) is 0. The third-order valence-electron chi connectivity index (χ3n) is 2.91. The molecule has 0 radical (unpaired) electrons. The molecule has 2 unspecified atom stereocenters. The van der Waals surface area contributed by atoms with E-state index in [0.717, 1.165) is 25.7 Å². The largest absolute Gasteiger partial charge is 0.466 e. The van der Waals surface area contributed by atoms with E-state index in [4.69, 9.17) is 9.47 Å². The van der Waals surface area contributed by atoms with Gasteiger partial charge in [-0.25, -0.2) is 0 Å². The molecule has 2 saturated heterocycles. The molecule has 2 heterocycles. The van der Waals surface area contributed by atoms with Gasteiger partial charge in [-0.2, -0.15) is 0 Å². The lowest BCUT2D eigenvalue weighted by atomic mass is 9.96. The van der Waals surface area contributed by atoms with Gasteiger partial charge in [-0.1, -0.05) is 0 Å². The second kappa shape index (κ2) is 3.66. The number of ether oxygens (including phenoxy) is 2. The van der Waals surface area contributed by atoms with Crippen molar-refractivity contribution in [1.82, 2.24) is 0 Å². The first-order valence-corrected chi connectivity index (χ1v) is 5.11. The zero-order valence-electron chi connectivity index (χ0n) is 7.99. The Bertz CT molecular complexity index is 190. The molecule has 13 heavy (non-hydrogen) atoms. The number of hydrogen-bond donors (Lipinski definition) is 0. The van der Waals surface area contributed by atoms with Gasteiger partial charge in [0, 0.05) is 0 Å². The van der Waals surface area contributed by atoms with E-state index in [-0.39, 0.29) is 11.9 Å². The summed E-state index contributed by atoms with van der Waals surface area (Å²) in [4.78, 5) is 11.4. The molecule has 0 aromatic carbocycles. The highest BCUT2D eigenvalue weighted by Crippen LogP contribution is 2.36. The van der Waals surface area contributed by atoms with E-state index in [2.05, 4.69) is 0 Å². The lowest BCUT2D eigenvalue weighted by Crippen LogP contribution is -2.31. The van der Waals surface area contributed by atoms with E-state index < -0.39 is 0 Å². The van der Waals surface area contributed by atoms with Gasteiger partial charge in [0.05, 0.1) is 24.7 Å². The first kappa shape index (κ1) is 9.00. The zero-order valence-corrected chi connectivity index (χ0v) is 7.99. The molecule has 3 heteroatoms. The third kappa shape index (κ3) is 1.85. The fourth-order valence-electron chi connectivity index (χ4n) is 2.31. The molecule has 0 N–H and O–H groups in total. The molecule has 0 spiro atoms. The Balaban J connectivity index is 1.91. The molecular formula is C10H16O3. The SMILES string of the molecule is CCOC(=O)C1CC2CCC(C1)O2. The molecule has 2 aliphatic heterocycles. The molecule has 3 nitrogen and oxygen atoms in total. The van der Waals surface area contributed by atoms with Crippen molar-refractivity contribution < 1.29 is 14.3 Å². The number of fused-ring (bicyclic) bond motifs is 2. The fourth-order valence-corrected chi connectivity index (χ4v) is 2.31. The minimum absolute atomic E-state index is 0.0253. The van der Waals surface area contributed by atoms with Gasteiger partial charge in [0.1, 0.15) is 0 Å². The van der Waals surface area contributed by atoms with Crippen LogP contribution < -0.4 is 0 Å². The summed E-state index contributed by atoms with van der Waals surface area (Å²) >= 11 is 0. The maximum atomic E-state index is 11.4. The van der Waals surface area contributed by atoms with Crippen LogP contribution in [0.15, 0.2) is 0 Å². The van der Waals surface area contributed by atoms with Gasteiger partial charge >= 0.3 is 5.97 Å². The van der Waals surface area contributed by atoms with Crippen LogP contribution in [0.2, 0.25) is 0 Å². The van der Waals surface area contributed by atoms with Crippen LogP contribution in [0.1, 0.15) is 32.6 Å². The number of carbonyl (C=O) groups is 1. The standard InChI is InChI=1S/C10H16O3/c1-2-12-10(11)7-5-8-3-4-9(6-7)13-8/h7-9H,2-6H2,1H3. The van der Waals surface area contributed by atoms with Crippen molar-refractivity contribution >= 4 is 5.97 Å². The van der Waals surface area contributed by atoms with E-state index in [1.54, 1.807) is 0 Å². The van der Waals surface area contributed by atoms with E-state index in [0.29, 0.717) is 18.8 Å². The molecule has 0 aliphatic carbocycles. The Labute approximate surface area is 78.4 Å². The summed E-state index contributed by atoms with van der Waals surface area (Å²) in [5.41, 5.74) is 0. The van der Waals surface area contributed by atoms with Gasteiger partial charge in [0.25, 0.3) is 0 Å². The smallest absolute Gasteiger partial charge is 0.309 e. The Morgan fingerprint density at radius 2 is 2.00 bits per heavy atom. The van der Waals surface area contributed by atoms with Crippen LogP contribution in [0.25, 0.3) is 0 Å². The van der Waals surface area contributed by atoms with Crippen molar-refractivity contribution in [2.45, 2.75) is 44.8 Å². The van der Waals surface area contributed by atoms with Crippen LogP contribution in [-0.2, 0) is 14.3 Å². The zero-order chi connectivity index (χ0) is 9.26. The molecule has 2 bridgehead atoms. The molecule has 0 amide bonds. The van der Waals surface area contributed by atoms with Gasteiger partial charge in [0.2, 0.25) is 0 Å². The van der Waals surface area contributed by atoms with Gasteiger partial charge in [0.15, 0.2) is 0 Å². The quantitative estimate of drug-likeness (QED) is 0.610. The number of hydrogen-bond acceptors (Lipinski definition) is 3. The first-order valence-electron chi connectivity index (χ1n) is 5.11. The number of rotatable bonds is 2. The highest BCUT2D eigenvalue weighted by atomic mass is 16.5. The average Bonchev–Trinajstić information content (AvgIpc) is 2.46. The summed E-state index contributed by atoms with van der Waals surface area (Å²) in [5.74, 6) is 0.0777. The first-order chi connectivity index (χ1) is 6.29. The fraction of sp³-hybridized carbons (Fsp3) is 0.900. The highest BCUT2D eigenvalue weighted by Gasteiger charge is 2.38. The van der Waals surface area contributed by atoms with Crippen LogP contribution >= 0.6 is 0 Å². The minimum Gasteiger partial charge on any atom is -0.466 e. The molecular weight excluding hydrogens is 168 g/mol. The number of esters is 1. The Kier molecular flexibility index (Phi) is 2.54. The van der Waals surface area contributed by atoms with E-state index in [1.165, 1.54) is 0 Å². The van der Waals surface area contributed by atoms with Gasteiger partial charge in [-0.3, -0.25) is 4.79 Å². The molecule has 2 rings (SSSR count). The molecule has 2 atom stereocenters. The summed E-state index contributed by atoms with van der Waals surface area (Å²) in [7, 11) is 0. The topological polar surface area (TPSA) is 35.5 Å². The van der Waals surface area contributed by atoms with Crippen molar-refractivity contribution in [1.29, 1.82) is 0 Å². The molecule has 0 aromatic heterocycles. The average molecular weight is 184 g/mol. The molecule has 74 valence electrons. The van der Waals surface area contributed by atoms with Crippen LogP contribution in [0.3, 0.4) is 0 Å². The third-order valence-corrected chi connectivity index (χ3v) is 2.91. The highest BCUT2D eigenvalue weighted by molar-refractivity contribution is 5.72. The number of carbonyl (C=O) groups excluding carboxylic acids is 1. The van der Waals surface area contributed by atoms with Crippen LogP contribution in [0, 0.1) is 5.92 Å². The minimum atomic E-state index is -0.0253. The van der Waals surface area contributed by atoms with Crippen molar-refractivity contribution in [2.24, 2.45) is 5.92 Å². The lowest BCUT2D eigenvalue weighted by Gasteiger charge is -2.26. The van der Waals surface area contributed by atoms with Crippen LogP contribution in [-0.4, -0.2) is 24.8 Å². The summed E-state index contributed by atoms with van der Waals surface area (Å²) in [6.07, 6.45) is 4.65. The molecule has 0 saturated carbocycles. The second-order valence-electron chi connectivity index (χ2n) is 3.88. The Morgan fingerprint density at radius 3 is 2.54 bits per heavy atom. The molecule has 0 aromatic rings. The van der Waals surface area contributed by atoms with Crippen molar-refractivity contribution in [3.63, 3.8) is 0 Å². The van der Waals surface area contributed by atoms with E-state index in [1.807, 2.05) is 6.92 Å². The van der Waals surface area contributed by atoms with Crippen LogP contribution in [0.4, 0.5) is 0 Å². The van der Waals surface area contributed by atoms with Gasteiger partial charge < -0.3 is 9.47 Å². The van der Waals surface area contributed by atoms with E-state index >= 15 is 0 Å². The maximum Gasteiger partial charge on any atom is 0.309 e.